The Bertz CT molecular complexity index is 713. The van der Waals surface area contributed by atoms with Gasteiger partial charge in [-0.25, -0.2) is 4.79 Å². The van der Waals surface area contributed by atoms with Crippen molar-refractivity contribution >= 4 is 17.6 Å². The van der Waals surface area contributed by atoms with Crippen molar-refractivity contribution in [3.8, 4) is 5.75 Å². The fraction of sp³-hybridized carbons (Fsp3) is 0.300. The largest absolute Gasteiger partial charge is 0.493 e. The molecule has 132 valence electrons. The molecule has 1 N–H and O–H groups in total. The molecule has 0 aliphatic rings. The molecule has 25 heavy (non-hydrogen) atoms. The van der Waals surface area contributed by atoms with Crippen LogP contribution >= 0.6 is 0 Å². The van der Waals surface area contributed by atoms with Crippen LogP contribution in [-0.4, -0.2) is 24.6 Å². The highest BCUT2D eigenvalue weighted by molar-refractivity contribution is 5.97. The Labute approximate surface area is 148 Å². The second kappa shape index (κ2) is 8.87. The number of benzene rings is 2. The summed E-state index contributed by atoms with van der Waals surface area (Å²) in [7, 11) is 0. The third-order valence-corrected chi connectivity index (χ3v) is 3.35. The van der Waals surface area contributed by atoms with Crippen LogP contribution in [0.15, 0.2) is 54.6 Å². The van der Waals surface area contributed by atoms with Crippen molar-refractivity contribution in [2.45, 2.75) is 26.9 Å². The van der Waals surface area contributed by atoms with Gasteiger partial charge in [-0.3, -0.25) is 4.79 Å². The van der Waals surface area contributed by atoms with E-state index in [-0.39, 0.29) is 5.91 Å². The average molecular weight is 341 g/mol. The number of carbonyl (C=O) groups excluding carboxylic acids is 2. The molecule has 5 nitrogen and oxygen atoms in total. The van der Waals surface area contributed by atoms with Crippen molar-refractivity contribution in [1.82, 2.24) is 0 Å². The maximum Gasteiger partial charge on any atom is 0.339 e. The van der Waals surface area contributed by atoms with Crippen LogP contribution in [0.5, 0.6) is 5.75 Å². The quantitative estimate of drug-likeness (QED) is 0.776. The third-order valence-electron chi connectivity index (χ3n) is 3.35. The molecule has 1 unspecified atom stereocenters. The summed E-state index contributed by atoms with van der Waals surface area (Å²) in [5.41, 5.74) is 1.00. The second-order valence-electron chi connectivity index (χ2n) is 6.14. The highest BCUT2D eigenvalue weighted by Gasteiger charge is 2.19. The normalized spacial score (nSPS) is 11.7. The summed E-state index contributed by atoms with van der Waals surface area (Å²) in [6.07, 6.45) is -0.909. The first-order valence-corrected chi connectivity index (χ1v) is 8.25. The third kappa shape index (κ3) is 5.95. The number of rotatable bonds is 7. The Morgan fingerprint density at radius 1 is 1.00 bits per heavy atom. The molecule has 0 spiro atoms. The number of hydrogen-bond donors (Lipinski definition) is 1. The van der Waals surface area contributed by atoms with Crippen molar-refractivity contribution in [3.05, 3.63) is 60.2 Å². The van der Waals surface area contributed by atoms with Crippen molar-refractivity contribution < 1.29 is 19.1 Å². The van der Waals surface area contributed by atoms with E-state index in [0.717, 1.165) is 0 Å². The molecule has 0 fully saturated rings. The second-order valence-corrected chi connectivity index (χ2v) is 6.14. The van der Waals surface area contributed by atoms with Crippen LogP contribution in [0.4, 0.5) is 5.69 Å². The highest BCUT2D eigenvalue weighted by Crippen LogP contribution is 2.16. The number of hydrogen-bond acceptors (Lipinski definition) is 4. The summed E-state index contributed by atoms with van der Waals surface area (Å²) in [4.78, 5) is 24.4. The van der Waals surface area contributed by atoms with E-state index >= 15 is 0 Å². The van der Waals surface area contributed by atoms with Crippen LogP contribution in [0, 0.1) is 5.92 Å². The van der Waals surface area contributed by atoms with Gasteiger partial charge < -0.3 is 14.8 Å². The minimum Gasteiger partial charge on any atom is -0.493 e. The number of nitrogens with one attached hydrogen (secondary N) is 1. The minimum atomic E-state index is -0.909. The Hall–Kier alpha value is -2.82. The molecule has 0 aliphatic carbocycles. The van der Waals surface area contributed by atoms with Gasteiger partial charge in [-0.15, -0.1) is 0 Å². The van der Waals surface area contributed by atoms with E-state index in [1.807, 2.05) is 32.0 Å². The number of anilines is 1. The zero-order valence-electron chi connectivity index (χ0n) is 14.7. The molecule has 0 saturated heterocycles. The first kappa shape index (κ1) is 18.5. The van der Waals surface area contributed by atoms with Gasteiger partial charge in [0.05, 0.1) is 12.2 Å². The van der Waals surface area contributed by atoms with Gasteiger partial charge in [0, 0.05) is 5.69 Å². The number of carbonyl (C=O) groups is 2. The Morgan fingerprint density at radius 3 is 2.40 bits per heavy atom. The molecule has 2 aromatic rings. The predicted molar refractivity (Wildman–Crippen MR) is 96.7 cm³/mol. The molecule has 0 radical (unpaired) electrons. The van der Waals surface area contributed by atoms with E-state index in [0.29, 0.717) is 29.5 Å². The summed E-state index contributed by atoms with van der Waals surface area (Å²) in [6.45, 7) is 6.19. The first-order chi connectivity index (χ1) is 12.0. The van der Waals surface area contributed by atoms with Crippen LogP contribution < -0.4 is 10.1 Å². The maximum atomic E-state index is 12.2. The Kier molecular flexibility index (Phi) is 6.57. The van der Waals surface area contributed by atoms with Crippen molar-refractivity contribution in [3.63, 3.8) is 0 Å². The summed E-state index contributed by atoms with van der Waals surface area (Å²) in [5, 5.41) is 2.70. The Balaban J connectivity index is 1.94. The lowest BCUT2D eigenvalue weighted by atomic mass is 10.2. The van der Waals surface area contributed by atoms with Gasteiger partial charge >= 0.3 is 5.97 Å². The molecule has 1 amide bonds. The monoisotopic (exact) mass is 341 g/mol. The van der Waals surface area contributed by atoms with Crippen LogP contribution in [0.25, 0.3) is 0 Å². The summed E-state index contributed by atoms with van der Waals surface area (Å²) in [5.74, 6) is 0.0410. The van der Waals surface area contributed by atoms with E-state index in [1.54, 1.807) is 36.4 Å². The molecule has 0 heterocycles. The van der Waals surface area contributed by atoms with Gasteiger partial charge in [-0.1, -0.05) is 38.1 Å². The van der Waals surface area contributed by atoms with Gasteiger partial charge in [-0.05, 0) is 43.2 Å². The Morgan fingerprint density at radius 2 is 1.72 bits per heavy atom. The lowest BCUT2D eigenvalue weighted by Gasteiger charge is -2.14. The molecule has 0 bridgehead atoms. The highest BCUT2D eigenvalue weighted by atomic mass is 16.5. The molecule has 1 atom stereocenters. The lowest BCUT2D eigenvalue weighted by Crippen LogP contribution is -2.30. The topological polar surface area (TPSA) is 64.6 Å². The molecular formula is C20H23NO4. The zero-order chi connectivity index (χ0) is 18.2. The minimum absolute atomic E-state index is 0.348. The predicted octanol–water partition coefficient (Wildman–Crippen LogP) is 3.91. The van der Waals surface area contributed by atoms with E-state index in [9.17, 15) is 9.59 Å². The van der Waals surface area contributed by atoms with Crippen LogP contribution in [0.2, 0.25) is 0 Å². The molecular weight excluding hydrogens is 318 g/mol. The fourth-order valence-electron chi connectivity index (χ4n) is 2.02. The molecule has 2 rings (SSSR count). The maximum absolute atomic E-state index is 12.2. The molecule has 0 saturated carbocycles. The van der Waals surface area contributed by atoms with E-state index in [1.165, 1.54) is 6.92 Å². The van der Waals surface area contributed by atoms with Gasteiger partial charge in [0.1, 0.15) is 5.75 Å². The van der Waals surface area contributed by atoms with Gasteiger partial charge in [0.15, 0.2) is 6.10 Å². The number of esters is 1. The lowest BCUT2D eigenvalue weighted by molar-refractivity contribution is -0.123. The van der Waals surface area contributed by atoms with Crippen LogP contribution in [0.3, 0.4) is 0 Å². The molecule has 2 aromatic carbocycles. The molecule has 0 aromatic heterocycles. The number of ether oxygens (including phenoxy) is 2. The van der Waals surface area contributed by atoms with E-state index < -0.39 is 12.1 Å². The number of amides is 1. The smallest absolute Gasteiger partial charge is 0.339 e. The van der Waals surface area contributed by atoms with Gasteiger partial charge in [-0.2, -0.15) is 0 Å². The zero-order valence-corrected chi connectivity index (χ0v) is 14.7. The summed E-state index contributed by atoms with van der Waals surface area (Å²) < 4.78 is 10.8. The van der Waals surface area contributed by atoms with Crippen LogP contribution in [-0.2, 0) is 9.53 Å². The van der Waals surface area contributed by atoms with Crippen LogP contribution in [0.1, 0.15) is 31.1 Å². The van der Waals surface area contributed by atoms with E-state index in [4.69, 9.17) is 9.47 Å². The van der Waals surface area contributed by atoms with Crippen molar-refractivity contribution in [2.24, 2.45) is 5.92 Å². The molecule has 5 heteroatoms. The summed E-state index contributed by atoms with van der Waals surface area (Å²) in [6, 6.07) is 15.8. The fourth-order valence-corrected chi connectivity index (χ4v) is 2.02. The molecule has 0 aliphatic heterocycles. The number of para-hydroxylation sites is 1. The van der Waals surface area contributed by atoms with Gasteiger partial charge in [0.2, 0.25) is 0 Å². The first-order valence-electron chi connectivity index (χ1n) is 8.25. The SMILES string of the molecule is CC(C)COc1cccc(C(=O)OC(C)C(=O)Nc2ccccc2)c1. The average Bonchev–Trinajstić information content (AvgIpc) is 2.61. The van der Waals surface area contributed by atoms with Crippen molar-refractivity contribution in [1.29, 1.82) is 0 Å². The van der Waals surface area contributed by atoms with Crippen molar-refractivity contribution in [2.75, 3.05) is 11.9 Å². The standard InChI is InChI=1S/C20H23NO4/c1-14(2)13-24-18-11-7-8-16(12-18)20(23)25-15(3)19(22)21-17-9-5-4-6-10-17/h4-12,14-15H,13H2,1-3H3,(H,21,22). The van der Waals surface area contributed by atoms with Gasteiger partial charge in [0.25, 0.3) is 5.91 Å². The summed E-state index contributed by atoms with van der Waals surface area (Å²) >= 11 is 0. The van der Waals surface area contributed by atoms with E-state index in [2.05, 4.69) is 5.32 Å².